The van der Waals surface area contributed by atoms with E-state index in [0.29, 0.717) is 11.6 Å². The van der Waals surface area contributed by atoms with Crippen LogP contribution in [0.3, 0.4) is 0 Å². The number of carboxylic acid groups (broad SMARTS) is 1. The maximum atomic E-state index is 11.7. The number of amides is 1. The number of carbonyl (C=O) groups excluding carboxylic acids is 1. The summed E-state index contributed by atoms with van der Waals surface area (Å²) >= 11 is 1.55. The molecule has 0 aliphatic carbocycles. The summed E-state index contributed by atoms with van der Waals surface area (Å²) in [6, 6.07) is 7.75. The third-order valence-corrected chi connectivity index (χ3v) is 4.73. The van der Waals surface area contributed by atoms with Crippen molar-refractivity contribution >= 4 is 33.9 Å². The van der Waals surface area contributed by atoms with Gasteiger partial charge in [0.1, 0.15) is 0 Å². The number of fused-ring (bicyclic) bond motifs is 1. The van der Waals surface area contributed by atoms with Gasteiger partial charge in [0.25, 0.3) is 6.47 Å². The van der Waals surface area contributed by atoms with Crippen LogP contribution in [0.4, 0.5) is 0 Å². The largest absolute Gasteiger partial charge is 0.483 e. The average molecular weight is 399 g/mol. The van der Waals surface area contributed by atoms with Gasteiger partial charge in [0.15, 0.2) is 17.5 Å². The van der Waals surface area contributed by atoms with Crippen LogP contribution < -0.4 is 5.32 Å². The maximum Gasteiger partial charge on any atom is 0.290 e. The number of nitrogens with zero attached hydrogens (tertiary/aromatic N) is 6. The van der Waals surface area contributed by atoms with Crippen molar-refractivity contribution in [3.63, 3.8) is 0 Å². The highest BCUT2D eigenvalue weighted by Gasteiger charge is 2.19. The molecule has 0 saturated carbocycles. The van der Waals surface area contributed by atoms with Gasteiger partial charge in [-0.15, -0.1) is 16.4 Å². The van der Waals surface area contributed by atoms with Crippen LogP contribution in [0.25, 0.3) is 27.4 Å². The van der Waals surface area contributed by atoms with Gasteiger partial charge in [0.2, 0.25) is 5.91 Å². The van der Waals surface area contributed by atoms with Gasteiger partial charge in [0.05, 0.1) is 28.3 Å². The molecule has 0 saturated heterocycles. The van der Waals surface area contributed by atoms with Crippen molar-refractivity contribution in [2.75, 3.05) is 7.05 Å². The second-order valence-electron chi connectivity index (χ2n) is 5.54. The zero-order valence-corrected chi connectivity index (χ0v) is 15.9. The number of aryl methyl sites for hydroxylation is 1. The van der Waals surface area contributed by atoms with E-state index in [1.165, 1.54) is 0 Å². The molecule has 3 heterocycles. The van der Waals surface area contributed by atoms with Crippen LogP contribution in [-0.4, -0.2) is 54.1 Å². The molecule has 0 atom stereocenters. The molecule has 3 aromatic heterocycles. The first-order valence-electron chi connectivity index (χ1n) is 8.14. The van der Waals surface area contributed by atoms with Gasteiger partial charge in [-0.1, -0.05) is 6.07 Å². The van der Waals surface area contributed by atoms with E-state index in [1.807, 2.05) is 36.8 Å². The zero-order chi connectivity index (χ0) is 20.1. The fraction of sp³-hybridized carbons (Fsp3) is 0.176. The van der Waals surface area contributed by atoms with Gasteiger partial charge in [-0.3, -0.25) is 14.3 Å². The Bertz CT molecular complexity index is 1120. The SMILES string of the molecule is CNC(=O)Cc1nc(-c2cccc3ncsc23)n(-c2ccnn2C)n1.O=CO. The Morgan fingerprint density at radius 3 is 2.82 bits per heavy atom. The molecular formula is C17H17N7O3S. The number of thiazole rings is 1. The molecule has 11 heteroatoms. The number of rotatable bonds is 4. The van der Waals surface area contributed by atoms with E-state index in [4.69, 9.17) is 9.90 Å². The molecular weight excluding hydrogens is 382 g/mol. The molecule has 0 aliphatic rings. The minimum Gasteiger partial charge on any atom is -0.483 e. The molecule has 1 aromatic carbocycles. The number of likely N-dealkylation sites (N-methyl/N-ethyl adjacent to an activating group) is 1. The Labute approximate surface area is 163 Å². The van der Waals surface area contributed by atoms with Gasteiger partial charge in [-0.2, -0.15) is 9.78 Å². The van der Waals surface area contributed by atoms with Crippen molar-refractivity contribution in [3.8, 4) is 17.2 Å². The molecule has 0 spiro atoms. The summed E-state index contributed by atoms with van der Waals surface area (Å²) in [7, 11) is 3.44. The first kappa shape index (κ1) is 19.2. The van der Waals surface area contributed by atoms with Gasteiger partial charge in [0, 0.05) is 25.7 Å². The van der Waals surface area contributed by atoms with E-state index in [1.54, 1.807) is 33.9 Å². The second-order valence-corrected chi connectivity index (χ2v) is 6.39. The van der Waals surface area contributed by atoms with Gasteiger partial charge < -0.3 is 10.4 Å². The average Bonchev–Trinajstić information content (AvgIpc) is 3.41. The van der Waals surface area contributed by atoms with E-state index in [2.05, 4.69) is 25.5 Å². The summed E-state index contributed by atoms with van der Waals surface area (Å²) in [5, 5.41) is 18.2. The monoisotopic (exact) mass is 399 g/mol. The number of aromatic nitrogens is 6. The van der Waals surface area contributed by atoms with E-state index < -0.39 is 0 Å². The molecule has 1 amide bonds. The third kappa shape index (κ3) is 3.74. The topological polar surface area (TPSA) is 128 Å². The summed E-state index contributed by atoms with van der Waals surface area (Å²) in [5.41, 5.74) is 3.65. The molecule has 144 valence electrons. The molecule has 0 aliphatic heterocycles. The van der Waals surface area contributed by atoms with Crippen LogP contribution in [0.1, 0.15) is 5.82 Å². The van der Waals surface area contributed by atoms with E-state index in [9.17, 15) is 4.79 Å². The lowest BCUT2D eigenvalue weighted by Gasteiger charge is -2.06. The van der Waals surface area contributed by atoms with E-state index in [-0.39, 0.29) is 18.8 Å². The van der Waals surface area contributed by atoms with Gasteiger partial charge in [-0.05, 0) is 12.1 Å². The van der Waals surface area contributed by atoms with Gasteiger partial charge in [-0.25, -0.2) is 9.97 Å². The normalized spacial score (nSPS) is 10.4. The van der Waals surface area contributed by atoms with Crippen molar-refractivity contribution < 1.29 is 14.7 Å². The molecule has 10 nitrogen and oxygen atoms in total. The lowest BCUT2D eigenvalue weighted by molar-refractivity contribution is -0.123. The molecule has 0 unspecified atom stereocenters. The number of carbonyl (C=O) groups is 2. The van der Waals surface area contributed by atoms with Crippen molar-refractivity contribution in [2.45, 2.75) is 6.42 Å². The fourth-order valence-corrected chi connectivity index (χ4v) is 3.43. The molecule has 0 radical (unpaired) electrons. The van der Waals surface area contributed by atoms with E-state index >= 15 is 0 Å². The highest BCUT2D eigenvalue weighted by Crippen LogP contribution is 2.31. The summed E-state index contributed by atoms with van der Waals surface area (Å²) in [6.45, 7) is -0.250. The predicted octanol–water partition coefficient (Wildman–Crippen LogP) is 1.27. The van der Waals surface area contributed by atoms with Crippen molar-refractivity contribution in [2.24, 2.45) is 7.05 Å². The molecule has 28 heavy (non-hydrogen) atoms. The Morgan fingerprint density at radius 2 is 2.14 bits per heavy atom. The highest BCUT2D eigenvalue weighted by molar-refractivity contribution is 7.17. The minimum absolute atomic E-state index is 0.118. The van der Waals surface area contributed by atoms with Crippen molar-refractivity contribution in [3.05, 3.63) is 41.8 Å². The Morgan fingerprint density at radius 1 is 1.36 bits per heavy atom. The van der Waals surface area contributed by atoms with Crippen LogP contribution in [0, 0.1) is 0 Å². The van der Waals surface area contributed by atoms with Crippen LogP contribution in [0.2, 0.25) is 0 Å². The summed E-state index contributed by atoms with van der Waals surface area (Å²) in [6.07, 6.45) is 1.82. The number of benzene rings is 1. The highest BCUT2D eigenvalue weighted by atomic mass is 32.1. The van der Waals surface area contributed by atoms with Crippen LogP contribution in [0.15, 0.2) is 36.0 Å². The molecule has 2 N–H and O–H groups in total. The van der Waals surface area contributed by atoms with Crippen LogP contribution >= 0.6 is 11.3 Å². The standard InChI is InChI=1S/C16H15N7OS.CH2O2/c1-17-13(24)8-12-20-16(23(21-12)14-6-7-19-22(14)2)10-4-3-5-11-15(10)25-9-18-11;2-1-3/h3-7,9H,8H2,1-2H3,(H,17,24);1H,(H,2,3). The Hall–Kier alpha value is -3.60. The van der Waals surface area contributed by atoms with Crippen LogP contribution in [0.5, 0.6) is 0 Å². The number of hydrogen-bond donors (Lipinski definition) is 2. The smallest absolute Gasteiger partial charge is 0.290 e. The number of hydrogen-bond acceptors (Lipinski definition) is 7. The maximum absolute atomic E-state index is 11.7. The second kappa shape index (κ2) is 8.39. The van der Waals surface area contributed by atoms with Crippen molar-refractivity contribution in [1.82, 2.24) is 34.8 Å². The lowest BCUT2D eigenvalue weighted by Crippen LogP contribution is -2.20. The summed E-state index contributed by atoms with van der Waals surface area (Å²) in [5.74, 6) is 1.76. The first-order chi connectivity index (χ1) is 13.6. The Balaban J connectivity index is 0.000000706. The van der Waals surface area contributed by atoms with Gasteiger partial charge >= 0.3 is 0 Å². The fourth-order valence-electron chi connectivity index (χ4n) is 2.63. The molecule has 0 bridgehead atoms. The quantitative estimate of drug-likeness (QED) is 0.495. The zero-order valence-electron chi connectivity index (χ0n) is 15.1. The number of nitrogens with one attached hydrogen (secondary N) is 1. The first-order valence-corrected chi connectivity index (χ1v) is 9.02. The Kier molecular flexibility index (Phi) is 5.75. The third-order valence-electron chi connectivity index (χ3n) is 3.86. The summed E-state index contributed by atoms with van der Waals surface area (Å²) < 4.78 is 4.47. The molecule has 4 aromatic rings. The molecule has 0 fully saturated rings. The molecule has 4 rings (SSSR count). The van der Waals surface area contributed by atoms with E-state index in [0.717, 1.165) is 21.6 Å². The summed E-state index contributed by atoms with van der Waals surface area (Å²) in [4.78, 5) is 29.1. The predicted molar refractivity (Wildman–Crippen MR) is 103 cm³/mol. The minimum atomic E-state index is -0.250. The van der Waals surface area contributed by atoms with Crippen LogP contribution in [-0.2, 0) is 23.1 Å². The lowest BCUT2D eigenvalue weighted by atomic mass is 10.2. The van der Waals surface area contributed by atoms with Crippen molar-refractivity contribution in [1.29, 1.82) is 0 Å².